The van der Waals surface area contributed by atoms with Gasteiger partial charge in [-0.25, -0.2) is 4.79 Å². The molecule has 2 fully saturated rings. The van der Waals surface area contributed by atoms with Gasteiger partial charge in [-0.15, -0.1) is 0 Å². The molecule has 6 atom stereocenters. The minimum absolute atomic E-state index is 0.0567. The highest BCUT2D eigenvalue weighted by Crippen LogP contribution is 2.27. The molecule has 0 bridgehead atoms. The molecule has 11 nitrogen and oxygen atoms in total. The van der Waals surface area contributed by atoms with Gasteiger partial charge < -0.3 is 44.5 Å². The normalized spacial score (nSPS) is 32.0. The summed E-state index contributed by atoms with van der Waals surface area (Å²) in [7, 11) is 0. The molecule has 1 aromatic carbocycles. The minimum atomic E-state index is -1.63. The summed E-state index contributed by atoms with van der Waals surface area (Å²) < 4.78 is 20.6. The number of aliphatic hydroxyl groups is 3. The Labute approximate surface area is 165 Å². The van der Waals surface area contributed by atoms with Crippen molar-refractivity contribution >= 4 is 11.9 Å². The molecule has 29 heavy (non-hydrogen) atoms. The van der Waals surface area contributed by atoms with E-state index in [2.05, 4.69) is 0 Å². The molecule has 2 heterocycles. The van der Waals surface area contributed by atoms with E-state index in [0.717, 1.165) is 12.1 Å². The van der Waals surface area contributed by atoms with Crippen molar-refractivity contribution in [3.05, 3.63) is 23.8 Å². The second-order valence-electron chi connectivity index (χ2n) is 6.80. The van der Waals surface area contributed by atoms with E-state index in [4.69, 9.17) is 18.9 Å². The van der Waals surface area contributed by atoms with Crippen LogP contribution in [0.25, 0.3) is 0 Å². The van der Waals surface area contributed by atoms with Crippen molar-refractivity contribution in [1.29, 1.82) is 0 Å². The molecule has 2 aliphatic rings. The molecule has 3 rings (SSSR count). The Morgan fingerprint density at radius 3 is 2.48 bits per heavy atom. The van der Waals surface area contributed by atoms with Gasteiger partial charge in [0.25, 0.3) is 0 Å². The Bertz CT molecular complexity index is 751. The standard InChI is InChI=1S/C18H22O11/c19-10-2-1-8(5-11(10)20)16(24)27-7-12-13(21)14(22)15(23)18(29-12)28-6-9-3-4-26-17(9)25/h1-2,5,9,12-15,18-23H,3-4,6-7H2/t9-,12+,13+,14-,15+,18+/m0/s1. The van der Waals surface area contributed by atoms with Gasteiger partial charge in [-0.2, -0.15) is 0 Å². The van der Waals surface area contributed by atoms with Crippen LogP contribution in [0.15, 0.2) is 18.2 Å². The Hall–Kier alpha value is -2.44. The van der Waals surface area contributed by atoms with E-state index in [1.165, 1.54) is 6.07 Å². The van der Waals surface area contributed by atoms with Crippen LogP contribution in [0, 0.1) is 5.92 Å². The molecule has 0 spiro atoms. The number of cyclic esters (lactones) is 1. The molecule has 2 aliphatic heterocycles. The third-order valence-electron chi connectivity index (χ3n) is 4.76. The summed E-state index contributed by atoms with van der Waals surface area (Å²) in [6, 6.07) is 3.33. The smallest absolute Gasteiger partial charge is 0.338 e. The highest BCUT2D eigenvalue weighted by Gasteiger charge is 2.45. The number of carbonyl (C=O) groups excluding carboxylic acids is 2. The van der Waals surface area contributed by atoms with Gasteiger partial charge in [-0.3, -0.25) is 4.79 Å². The van der Waals surface area contributed by atoms with Gasteiger partial charge in [0.15, 0.2) is 17.8 Å². The van der Waals surface area contributed by atoms with Crippen LogP contribution in [0.1, 0.15) is 16.8 Å². The molecule has 160 valence electrons. The van der Waals surface area contributed by atoms with E-state index < -0.39 is 66.7 Å². The molecule has 11 heteroatoms. The average Bonchev–Trinajstić information content (AvgIpc) is 3.11. The summed E-state index contributed by atoms with van der Waals surface area (Å²) in [5.74, 6) is -2.74. The van der Waals surface area contributed by atoms with E-state index in [1.54, 1.807) is 0 Å². The topological polar surface area (TPSA) is 172 Å². The monoisotopic (exact) mass is 414 g/mol. The van der Waals surface area contributed by atoms with Crippen LogP contribution in [-0.2, 0) is 23.7 Å². The van der Waals surface area contributed by atoms with Crippen LogP contribution < -0.4 is 0 Å². The van der Waals surface area contributed by atoms with Gasteiger partial charge in [0.1, 0.15) is 31.0 Å². The number of esters is 2. The van der Waals surface area contributed by atoms with Gasteiger partial charge in [-0.1, -0.05) is 0 Å². The zero-order chi connectivity index (χ0) is 21.1. The summed E-state index contributed by atoms with van der Waals surface area (Å²) in [4.78, 5) is 23.6. The molecule has 2 saturated heterocycles. The van der Waals surface area contributed by atoms with Gasteiger partial charge in [-0.05, 0) is 24.6 Å². The molecule has 0 aliphatic carbocycles. The summed E-state index contributed by atoms with van der Waals surface area (Å²) in [6.45, 7) is -0.326. The number of benzene rings is 1. The summed E-state index contributed by atoms with van der Waals surface area (Å²) in [5, 5.41) is 48.9. The first kappa shape index (κ1) is 21.3. The van der Waals surface area contributed by atoms with Crippen LogP contribution >= 0.6 is 0 Å². The number of phenolic OH excluding ortho intramolecular Hbond substituents is 2. The number of aliphatic hydroxyl groups excluding tert-OH is 3. The Morgan fingerprint density at radius 2 is 1.83 bits per heavy atom. The van der Waals surface area contributed by atoms with Crippen molar-refractivity contribution in [1.82, 2.24) is 0 Å². The zero-order valence-corrected chi connectivity index (χ0v) is 15.2. The number of carbonyl (C=O) groups is 2. The van der Waals surface area contributed by atoms with Crippen molar-refractivity contribution in [3.63, 3.8) is 0 Å². The fourth-order valence-electron chi connectivity index (χ4n) is 2.98. The Morgan fingerprint density at radius 1 is 1.07 bits per heavy atom. The summed E-state index contributed by atoms with van der Waals surface area (Å²) in [6.07, 6.45) is -6.91. The Balaban J connectivity index is 1.57. The maximum absolute atomic E-state index is 12.1. The zero-order valence-electron chi connectivity index (χ0n) is 15.2. The molecular weight excluding hydrogens is 392 g/mol. The van der Waals surface area contributed by atoms with Gasteiger partial charge in [0.05, 0.1) is 24.7 Å². The number of hydrogen-bond acceptors (Lipinski definition) is 11. The molecule has 0 amide bonds. The van der Waals surface area contributed by atoms with Crippen LogP contribution in [0.2, 0.25) is 0 Å². The van der Waals surface area contributed by atoms with E-state index >= 15 is 0 Å². The van der Waals surface area contributed by atoms with Gasteiger partial charge in [0.2, 0.25) is 0 Å². The fraction of sp³-hybridized carbons (Fsp3) is 0.556. The second-order valence-corrected chi connectivity index (χ2v) is 6.80. The molecule has 5 N–H and O–H groups in total. The first-order valence-corrected chi connectivity index (χ1v) is 8.95. The Kier molecular flexibility index (Phi) is 6.55. The lowest BCUT2D eigenvalue weighted by Gasteiger charge is -2.40. The molecule has 0 radical (unpaired) electrons. The molecule has 1 aromatic rings. The number of ether oxygens (including phenoxy) is 4. The predicted molar refractivity (Wildman–Crippen MR) is 91.8 cm³/mol. The third-order valence-corrected chi connectivity index (χ3v) is 4.76. The van der Waals surface area contributed by atoms with E-state index in [-0.39, 0.29) is 18.8 Å². The van der Waals surface area contributed by atoms with Crippen LogP contribution in [0.3, 0.4) is 0 Å². The van der Waals surface area contributed by atoms with E-state index in [1.807, 2.05) is 0 Å². The number of hydrogen-bond donors (Lipinski definition) is 5. The van der Waals surface area contributed by atoms with Crippen LogP contribution in [-0.4, -0.2) is 88.0 Å². The average molecular weight is 414 g/mol. The van der Waals surface area contributed by atoms with Crippen molar-refractivity contribution < 1.29 is 54.1 Å². The molecular formula is C18H22O11. The predicted octanol–water partition coefficient (Wildman–Crippen LogP) is -1.36. The lowest BCUT2D eigenvalue weighted by molar-refractivity contribution is -0.302. The maximum Gasteiger partial charge on any atom is 0.338 e. The summed E-state index contributed by atoms with van der Waals surface area (Å²) in [5.41, 5.74) is -0.0567. The number of phenols is 2. The number of rotatable bonds is 6. The molecule has 0 aromatic heterocycles. The minimum Gasteiger partial charge on any atom is -0.504 e. The highest BCUT2D eigenvalue weighted by molar-refractivity contribution is 5.90. The van der Waals surface area contributed by atoms with Crippen LogP contribution in [0.4, 0.5) is 0 Å². The highest BCUT2D eigenvalue weighted by atomic mass is 16.7. The third kappa shape index (κ3) is 4.77. The number of aromatic hydroxyl groups is 2. The molecule has 0 unspecified atom stereocenters. The van der Waals surface area contributed by atoms with Crippen LogP contribution in [0.5, 0.6) is 11.5 Å². The molecule has 0 saturated carbocycles. The van der Waals surface area contributed by atoms with E-state index in [9.17, 15) is 35.1 Å². The maximum atomic E-state index is 12.1. The van der Waals surface area contributed by atoms with Crippen molar-refractivity contribution in [2.45, 2.75) is 37.1 Å². The second kappa shape index (κ2) is 8.93. The summed E-state index contributed by atoms with van der Waals surface area (Å²) >= 11 is 0. The van der Waals surface area contributed by atoms with E-state index in [0.29, 0.717) is 6.42 Å². The SMILES string of the molecule is O=C(OC[C@H]1O[C@@H](OC[C@@H]2CCOC2=O)[C@H](O)[C@@H](O)[C@@H]1O)c1ccc(O)c(O)c1. The van der Waals surface area contributed by atoms with Crippen molar-refractivity contribution in [3.8, 4) is 11.5 Å². The van der Waals surface area contributed by atoms with Crippen molar-refractivity contribution in [2.24, 2.45) is 5.92 Å². The van der Waals surface area contributed by atoms with Gasteiger partial charge >= 0.3 is 11.9 Å². The quantitative estimate of drug-likeness (QED) is 0.275. The first-order chi connectivity index (χ1) is 13.8. The first-order valence-electron chi connectivity index (χ1n) is 8.95. The lowest BCUT2D eigenvalue weighted by Crippen LogP contribution is -2.59. The fourth-order valence-corrected chi connectivity index (χ4v) is 2.98. The van der Waals surface area contributed by atoms with Gasteiger partial charge in [0, 0.05) is 0 Å². The largest absolute Gasteiger partial charge is 0.504 e. The lowest BCUT2D eigenvalue weighted by atomic mass is 9.99. The van der Waals surface area contributed by atoms with Crippen molar-refractivity contribution in [2.75, 3.05) is 19.8 Å².